The molecule has 2 saturated heterocycles. The summed E-state index contributed by atoms with van der Waals surface area (Å²) in [6.45, 7) is 3.05. The number of hydrogen-bond acceptors (Lipinski definition) is 6. The van der Waals surface area contributed by atoms with Crippen LogP contribution in [0.5, 0.6) is 5.75 Å². The van der Waals surface area contributed by atoms with E-state index in [4.69, 9.17) is 4.74 Å². The molecule has 1 unspecified atom stereocenters. The molecule has 1 atom stereocenters. The van der Waals surface area contributed by atoms with Gasteiger partial charge in [0.25, 0.3) is 5.91 Å². The molecule has 7 nitrogen and oxygen atoms in total. The van der Waals surface area contributed by atoms with Gasteiger partial charge in [0, 0.05) is 38.8 Å². The van der Waals surface area contributed by atoms with Crippen molar-refractivity contribution < 1.29 is 32.3 Å². The highest BCUT2D eigenvalue weighted by atomic mass is 19.4. The number of ether oxygens (including phenoxy) is 1. The fraction of sp³-hybridized carbons (Fsp3) is 0.348. The average molecular weight is 461 g/mol. The van der Waals surface area contributed by atoms with Crippen LogP contribution >= 0.6 is 0 Å². The maximum absolute atomic E-state index is 13.0. The van der Waals surface area contributed by atoms with Crippen LogP contribution in [0, 0.1) is 0 Å². The van der Waals surface area contributed by atoms with Crippen LogP contribution in [-0.2, 0) is 20.6 Å². The first kappa shape index (κ1) is 22.8. The maximum atomic E-state index is 13.0. The Morgan fingerprint density at radius 1 is 0.970 bits per heavy atom. The molecule has 2 aromatic rings. The first-order chi connectivity index (χ1) is 15.6. The Bertz CT molecular complexity index is 1060. The number of amides is 2. The molecule has 33 heavy (non-hydrogen) atoms. The highest BCUT2D eigenvalue weighted by Gasteiger charge is 2.43. The van der Waals surface area contributed by atoms with Gasteiger partial charge in [-0.15, -0.1) is 0 Å². The number of nitrogens with zero attached hydrogens (tertiary/aromatic N) is 3. The number of imide groups is 1. The Morgan fingerprint density at radius 2 is 1.64 bits per heavy atom. The van der Waals surface area contributed by atoms with Crippen molar-refractivity contribution in [3.05, 3.63) is 54.1 Å². The molecule has 2 aliphatic heterocycles. The summed E-state index contributed by atoms with van der Waals surface area (Å²) in [5.41, 5.74) is 0.174. The van der Waals surface area contributed by atoms with E-state index in [1.54, 1.807) is 18.2 Å². The Kier molecular flexibility index (Phi) is 6.11. The molecule has 0 aromatic heterocycles. The molecule has 0 bridgehead atoms. The summed E-state index contributed by atoms with van der Waals surface area (Å²) in [6.07, 6.45) is -4.37. The van der Waals surface area contributed by atoms with Gasteiger partial charge in [0.15, 0.2) is 0 Å². The number of halogens is 3. The topological polar surface area (TPSA) is 70.2 Å². The Morgan fingerprint density at radius 3 is 2.24 bits per heavy atom. The van der Waals surface area contributed by atoms with Crippen LogP contribution in [0.3, 0.4) is 0 Å². The number of esters is 1. The number of carbonyl (C=O) groups excluding carboxylic acids is 3. The van der Waals surface area contributed by atoms with E-state index in [-0.39, 0.29) is 18.2 Å². The van der Waals surface area contributed by atoms with Crippen molar-refractivity contribution in [3.8, 4) is 5.75 Å². The Balaban J connectivity index is 1.41. The normalized spacial score (nSPS) is 19.8. The summed E-state index contributed by atoms with van der Waals surface area (Å²) in [5, 5.41) is 0. The summed E-state index contributed by atoms with van der Waals surface area (Å²) < 4.78 is 44.0. The standard InChI is InChI=1S/C23H22F3N3O4/c1-15(30)33-19-7-5-17(6-8-19)29-21(31)14-20(22(29)32)28-11-9-27(10-12-28)18-4-2-3-16(13-18)23(24,25)26/h2-8,13,20H,9-12,14H2,1H3. The smallest absolute Gasteiger partial charge is 0.416 e. The van der Waals surface area contributed by atoms with Crippen molar-refractivity contribution in [2.24, 2.45) is 0 Å². The van der Waals surface area contributed by atoms with Crippen molar-refractivity contribution in [1.82, 2.24) is 4.90 Å². The molecule has 2 fully saturated rings. The zero-order valence-corrected chi connectivity index (χ0v) is 17.8. The van der Waals surface area contributed by atoms with Crippen LogP contribution in [0.4, 0.5) is 24.5 Å². The molecule has 10 heteroatoms. The van der Waals surface area contributed by atoms with Crippen LogP contribution in [0.25, 0.3) is 0 Å². The molecule has 0 spiro atoms. The zero-order valence-electron chi connectivity index (χ0n) is 17.8. The second-order valence-electron chi connectivity index (χ2n) is 7.95. The lowest BCUT2D eigenvalue weighted by molar-refractivity contribution is -0.137. The number of rotatable bonds is 4. The number of alkyl halides is 3. The van der Waals surface area contributed by atoms with Crippen molar-refractivity contribution in [1.29, 1.82) is 0 Å². The lowest BCUT2D eigenvalue weighted by Gasteiger charge is -2.38. The van der Waals surface area contributed by atoms with E-state index in [0.29, 0.717) is 43.3 Å². The SMILES string of the molecule is CC(=O)Oc1ccc(N2C(=O)CC(N3CCN(c4cccc(C(F)(F)F)c4)CC3)C2=O)cc1. The van der Waals surface area contributed by atoms with E-state index in [1.807, 2.05) is 9.80 Å². The third kappa shape index (κ3) is 4.85. The first-order valence-corrected chi connectivity index (χ1v) is 10.4. The summed E-state index contributed by atoms with van der Waals surface area (Å²) >= 11 is 0. The van der Waals surface area contributed by atoms with Gasteiger partial charge in [-0.2, -0.15) is 13.2 Å². The number of anilines is 2. The van der Waals surface area contributed by atoms with E-state index in [9.17, 15) is 27.6 Å². The predicted octanol–water partition coefficient (Wildman–Crippen LogP) is 3.08. The van der Waals surface area contributed by atoms with E-state index >= 15 is 0 Å². The fourth-order valence-corrected chi connectivity index (χ4v) is 4.17. The van der Waals surface area contributed by atoms with Crippen LogP contribution < -0.4 is 14.5 Å². The van der Waals surface area contributed by atoms with Gasteiger partial charge in [-0.25, -0.2) is 4.90 Å². The monoisotopic (exact) mass is 461 g/mol. The number of carbonyl (C=O) groups is 3. The molecule has 0 N–H and O–H groups in total. The van der Waals surface area contributed by atoms with Gasteiger partial charge in [0.05, 0.1) is 23.7 Å². The summed E-state index contributed by atoms with van der Waals surface area (Å²) in [7, 11) is 0. The summed E-state index contributed by atoms with van der Waals surface area (Å²) in [4.78, 5) is 41.5. The second kappa shape index (κ2) is 8.86. The molecular weight excluding hydrogens is 439 g/mol. The van der Waals surface area contributed by atoms with Crippen LogP contribution in [0.15, 0.2) is 48.5 Å². The number of piperazine rings is 1. The number of hydrogen-bond donors (Lipinski definition) is 0. The fourth-order valence-electron chi connectivity index (χ4n) is 4.17. The van der Waals surface area contributed by atoms with Crippen molar-refractivity contribution in [2.45, 2.75) is 25.6 Å². The van der Waals surface area contributed by atoms with Gasteiger partial charge in [-0.1, -0.05) is 6.07 Å². The molecular formula is C23H22F3N3O4. The molecule has 2 aliphatic rings. The van der Waals surface area contributed by atoms with E-state index in [1.165, 1.54) is 25.1 Å². The largest absolute Gasteiger partial charge is 0.427 e. The summed E-state index contributed by atoms with van der Waals surface area (Å²) in [5.74, 6) is -0.827. The van der Waals surface area contributed by atoms with Crippen molar-refractivity contribution in [3.63, 3.8) is 0 Å². The van der Waals surface area contributed by atoms with Gasteiger partial charge >= 0.3 is 12.1 Å². The minimum Gasteiger partial charge on any atom is -0.427 e. The number of benzene rings is 2. The molecule has 2 aromatic carbocycles. The Hall–Kier alpha value is -3.40. The predicted molar refractivity (Wildman–Crippen MR) is 114 cm³/mol. The van der Waals surface area contributed by atoms with E-state index < -0.39 is 23.8 Å². The van der Waals surface area contributed by atoms with Gasteiger partial charge < -0.3 is 9.64 Å². The highest BCUT2D eigenvalue weighted by Crippen LogP contribution is 2.32. The van der Waals surface area contributed by atoms with Crippen molar-refractivity contribution in [2.75, 3.05) is 36.0 Å². The van der Waals surface area contributed by atoms with Crippen molar-refractivity contribution >= 4 is 29.2 Å². The molecule has 2 amide bonds. The molecule has 0 aliphatic carbocycles. The summed E-state index contributed by atoms with van der Waals surface area (Å²) in [6, 6.07) is 10.7. The first-order valence-electron chi connectivity index (χ1n) is 10.4. The molecule has 0 radical (unpaired) electrons. The zero-order chi connectivity index (χ0) is 23.8. The van der Waals surface area contributed by atoms with E-state index in [0.717, 1.165) is 17.0 Å². The van der Waals surface area contributed by atoms with Gasteiger partial charge in [-0.05, 0) is 42.5 Å². The molecule has 0 saturated carbocycles. The molecule has 174 valence electrons. The lowest BCUT2D eigenvalue weighted by atomic mass is 10.1. The highest BCUT2D eigenvalue weighted by molar-refractivity contribution is 6.22. The third-order valence-electron chi connectivity index (χ3n) is 5.77. The van der Waals surface area contributed by atoms with Crippen LogP contribution in [0.2, 0.25) is 0 Å². The van der Waals surface area contributed by atoms with Crippen LogP contribution in [-0.4, -0.2) is 54.9 Å². The van der Waals surface area contributed by atoms with Gasteiger partial charge in [0.1, 0.15) is 5.75 Å². The third-order valence-corrected chi connectivity index (χ3v) is 5.77. The minimum absolute atomic E-state index is 0.0358. The second-order valence-corrected chi connectivity index (χ2v) is 7.95. The Labute approximate surface area is 188 Å². The van der Waals surface area contributed by atoms with Gasteiger partial charge in [-0.3, -0.25) is 19.3 Å². The van der Waals surface area contributed by atoms with E-state index in [2.05, 4.69) is 0 Å². The van der Waals surface area contributed by atoms with Gasteiger partial charge in [0.2, 0.25) is 5.91 Å². The quantitative estimate of drug-likeness (QED) is 0.396. The lowest BCUT2D eigenvalue weighted by Crippen LogP contribution is -2.52. The van der Waals surface area contributed by atoms with Crippen LogP contribution in [0.1, 0.15) is 18.9 Å². The molecule has 2 heterocycles. The minimum atomic E-state index is -4.41. The average Bonchev–Trinajstić information content (AvgIpc) is 3.07. The maximum Gasteiger partial charge on any atom is 0.416 e. The molecule has 4 rings (SSSR count).